The SMILES string of the molecule is COc1cc(/C=C2/C(=N)N3N=CSC3=NC2=O)cc(Cl)c1OCc1ccc(F)cc1. The maximum absolute atomic E-state index is 13.1. The summed E-state index contributed by atoms with van der Waals surface area (Å²) in [6, 6.07) is 9.16. The molecular formula is C20H14ClFN4O3S. The molecule has 2 aromatic carbocycles. The topological polar surface area (TPSA) is 87.3 Å². The average molecular weight is 445 g/mol. The van der Waals surface area contributed by atoms with Crippen LogP contribution >= 0.6 is 23.4 Å². The second-order valence-electron chi connectivity index (χ2n) is 6.21. The van der Waals surface area contributed by atoms with Gasteiger partial charge in [0.2, 0.25) is 0 Å². The molecule has 2 heterocycles. The predicted molar refractivity (Wildman–Crippen MR) is 115 cm³/mol. The first-order chi connectivity index (χ1) is 14.5. The molecule has 152 valence electrons. The van der Waals surface area contributed by atoms with Crippen molar-refractivity contribution in [3.63, 3.8) is 0 Å². The van der Waals surface area contributed by atoms with Gasteiger partial charge in [-0.1, -0.05) is 23.7 Å². The van der Waals surface area contributed by atoms with Gasteiger partial charge in [0, 0.05) is 0 Å². The van der Waals surface area contributed by atoms with Crippen LogP contribution < -0.4 is 9.47 Å². The first-order valence-electron chi connectivity index (χ1n) is 8.64. The zero-order chi connectivity index (χ0) is 21.3. The lowest BCUT2D eigenvalue weighted by Crippen LogP contribution is -2.35. The Balaban J connectivity index is 1.61. The van der Waals surface area contributed by atoms with Crippen molar-refractivity contribution in [3.05, 3.63) is 63.9 Å². The molecule has 0 unspecified atom stereocenters. The molecule has 0 saturated heterocycles. The van der Waals surface area contributed by atoms with E-state index in [0.29, 0.717) is 22.2 Å². The maximum Gasteiger partial charge on any atom is 0.283 e. The van der Waals surface area contributed by atoms with Crippen LogP contribution in [0.2, 0.25) is 5.02 Å². The Bertz CT molecular complexity index is 1130. The van der Waals surface area contributed by atoms with Gasteiger partial charge in [-0.05, 0) is 53.2 Å². The van der Waals surface area contributed by atoms with Gasteiger partial charge in [0.25, 0.3) is 5.91 Å². The number of aliphatic imine (C=N–C) groups is 1. The minimum absolute atomic E-state index is 0.0713. The van der Waals surface area contributed by atoms with Crippen LogP contribution in [-0.4, -0.2) is 34.6 Å². The van der Waals surface area contributed by atoms with Crippen molar-refractivity contribution >= 4 is 51.9 Å². The number of benzene rings is 2. The van der Waals surface area contributed by atoms with Gasteiger partial charge in [0.1, 0.15) is 12.4 Å². The lowest BCUT2D eigenvalue weighted by Gasteiger charge is -2.20. The summed E-state index contributed by atoms with van der Waals surface area (Å²) in [6.45, 7) is 0.169. The summed E-state index contributed by atoms with van der Waals surface area (Å²) in [5.74, 6) is -0.264. The van der Waals surface area contributed by atoms with Gasteiger partial charge in [0.15, 0.2) is 22.5 Å². The third-order valence-electron chi connectivity index (χ3n) is 4.26. The molecule has 7 nitrogen and oxygen atoms in total. The van der Waals surface area contributed by atoms with E-state index in [2.05, 4.69) is 10.1 Å². The molecule has 4 rings (SSSR count). The van der Waals surface area contributed by atoms with Crippen LogP contribution in [0.3, 0.4) is 0 Å². The van der Waals surface area contributed by atoms with E-state index in [4.69, 9.17) is 26.5 Å². The highest BCUT2D eigenvalue weighted by Crippen LogP contribution is 2.38. The summed E-state index contributed by atoms with van der Waals surface area (Å²) < 4.78 is 24.2. The number of amidine groups is 2. The third kappa shape index (κ3) is 3.94. The second-order valence-corrected chi connectivity index (χ2v) is 7.42. The Morgan fingerprint density at radius 3 is 2.80 bits per heavy atom. The summed E-state index contributed by atoms with van der Waals surface area (Å²) in [5.41, 5.74) is 2.89. The highest BCUT2D eigenvalue weighted by molar-refractivity contribution is 8.25. The van der Waals surface area contributed by atoms with Crippen molar-refractivity contribution in [1.82, 2.24) is 5.01 Å². The zero-order valence-corrected chi connectivity index (χ0v) is 17.1. The fourth-order valence-electron chi connectivity index (χ4n) is 2.80. The van der Waals surface area contributed by atoms with Gasteiger partial charge < -0.3 is 9.47 Å². The molecule has 0 bridgehead atoms. The summed E-state index contributed by atoms with van der Waals surface area (Å²) >= 11 is 7.56. The van der Waals surface area contributed by atoms with Crippen molar-refractivity contribution in [2.24, 2.45) is 10.1 Å². The molecule has 0 saturated carbocycles. The van der Waals surface area contributed by atoms with Crippen LogP contribution in [0.4, 0.5) is 4.39 Å². The number of carbonyl (C=O) groups is 1. The molecular weight excluding hydrogens is 431 g/mol. The molecule has 0 aromatic heterocycles. The minimum atomic E-state index is -0.532. The van der Waals surface area contributed by atoms with Crippen LogP contribution in [0.5, 0.6) is 11.5 Å². The van der Waals surface area contributed by atoms with E-state index < -0.39 is 5.91 Å². The van der Waals surface area contributed by atoms with Gasteiger partial charge in [-0.25, -0.2) is 4.39 Å². The van der Waals surface area contributed by atoms with Gasteiger partial charge in [-0.2, -0.15) is 15.1 Å². The highest BCUT2D eigenvalue weighted by atomic mass is 35.5. The fourth-order valence-corrected chi connectivity index (χ4v) is 3.69. The van der Waals surface area contributed by atoms with Gasteiger partial charge in [-0.3, -0.25) is 10.2 Å². The second kappa shape index (κ2) is 8.29. The fraction of sp³-hybridized carbons (Fsp3) is 0.100. The van der Waals surface area contributed by atoms with Crippen molar-refractivity contribution < 1.29 is 18.7 Å². The Hall–Kier alpha value is -3.17. The van der Waals surface area contributed by atoms with Crippen LogP contribution in [0.15, 0.2) is 52.1 Å². The van der Waals surface area contributed by atoms with Gasteiger partial charge in [0.05, 0.1) is 23.3 Å². The molecule has 0 radical (unpaired) electrons. The van der Waals surface area contributed by atoms with Gasteiger partial charge in [-0.15, -0.1) is 0 Å². The standard InChI is InChI=1S/C20H14ClFN4O3S/c1-28-16-8-12(6-14-18(23)26-20(25-19(14)27)30-10-24-26)7-15(21)17(16)29-9-11-2-4-13(22)5-3-11/h2-8,10,23H,9H2,1H3/b14-6-,23-18?. The number of halogens is 2. The van der Waals surface area contributed by atoms with E-state index in [1.165, 1.54) is 47.6 Å². The van der Waals surface area contributed by atoms with Crippen LogP contribution in [-0.2, 0) is 11.4 Å². The Kier molecular flexibility index (Phi) is 5.56. The number of nitrogens with zero attached hydrogens (tertiary/aromatic N) is 3. The summed E-state index contributed by atoms with van der Waals surface area (Å²) in [4.78, 5) is 16.3. The first kappa shape index (κ1) is 20.1. The van der Waals surface area contributed by atoms with Crippen molar-refractivity contribution in [2.75, 3.05) is 7.11 Å². The molecule has 1 N–H and O–H groups in total. The first-order valence-corrected chi connectivity index (χ1v) is 9.89. The number of carbonyl (C=O) groups excluding carboxylic acids is 1. The molecule has 0 atom stereocenters. The van der Waals surface area contributed by atoms with Gasteiger partial charge >= 0.3 is 0 Å². The number of fused-ring (bicyclic) bond motifs is 1. The Morgan fingerprint density at radius 2 is 2.07 bits per heavy atom. The van der Waals surface area contributed by atoms with E-state index in [0.717, 1.165) is 5.56 Å². The molecule has 10 heteroatoms. The molecule has 1 amide bonds. The van der Waals surface area contributed by atoms with Crippen LogP contribution in [0.25, 0.3) is 6.08 Å². The van der Waals surface area contributed by atoms with E-state index >= 15 is 0 Å². The molecule has 0 aliphatic carbocycles. The number of methoxy groups -OCH3 is 1. The largest absolute Gasteiger partial charge is 0.493 e. The lowest BCUT2D eigenvalue weighted by atomic mass is 10.1. The van der Waals surface area contributed by atoms with Crippen LogP contribution in [0, 0.1) is 11.2 Å². The predicted octanol–water partition coefficient (Wildman–Crippen LogP) is 4.32. The van der Waals surface area contributed by atoms with Crippen LogP contribution in [0.1, 0.15) is 11.1 Å². The third-order valence-corrected chi connectivity index (χ3v) is 5.21. The number of amides is 1. The maximum atomic E-state index is 13.1. The summed E-state index contributed by atoms with van der Waals surface area (Å²) in [7, 11) is 1.47. The van der Waals surface area contributed by atoms with Crippen molar-refractivity contribution in [3.8, 4) is 11.5 Å². The highest BCUT2D eigenvalue weighted by Gasteiger charge is 2.32. The summed E-state index contributed by atoms with van der Waals surface area (Å²) in [6.07, 6.45) is 1.50. The average Bonchev–Trinajstić information content (AvgIpc) is 3.19. The number of rotatable bonds is 5. The van der Waals surface area contributed by atoms with Crippen molar-refractivity contribution in [1.29, 1.82) is 5.41 Å². The number of ether oxygens (including phenoxy) is 2. The number of nitrogens with one attached hydrogen (secondary N) is 1. The van der Waals surface area contributed by atoms with E-state index in [1.54, 1.807) is 24.3 Å². The molecule has 2 aliphatic rings. The minimum Gasteiger partial charge on any atom is -0.493 e. The van der Waals surface area contributed by atoms with E-state index in [9.17, 15) is 9.18 Å². The Labute approximate surface area is 180 Å². The normalized spacial score (nSPS) is 16.7. The van der Waals surface area contributed by atoms with Crippen molar-refractivity contribution in [2.45, 2.75) is 6.61 Å². The van der Waals surface area contributed by atoms with E-state index in [-0.39, 0.29) is 28.9 Å². The molecule has 0 spiro atoms. The molecule has 30 heavy (non-hydrogen) atoms. The quantitative estimate of drug-likeness (QED) is 0.694. The molecule has 2 aliphatic heterocycles. The number of hydrazone groups is 1. The molecule has 0 fully saturated rings. The molecule has 2 aromatic rings. The lowest BCUT2D eigenvalue weighted by molar-refractivity contribution is -0.114. The monoisotopic (exact) mass is 444 g/mol. The summed E-state index contributed by atoms with van der Waals surface area (Å²) in [5, 5.41) is 14.2. The zero-order valence-electron chi connectivity index (χ0n) is 15.6. The number of thioether (sulfide) groups is 1. The number of hydrogen-bond donors (Lipinski definition) is 1. The smallest absolute Gasteiger partial charge is 0.283 e. The van der Waals surface area contributed by atoms with E-state index in [1.807, 2.05) is 0 Å². The number of hydrogen-bond acceptors (Lipinski definition) is 6. The Morgan fingerprint density at radius 1 is 1.30 bits per heavy atom.